The summed E-state index contributed by atoms with van der Waals surface area (Å²) in [5, 5.41) is 7.22. The lowest BCUT2D eigenvalue weighted by Gasteiger charge is -2.17. The first kappa shape index (κ1) is 35.9. The zero-order valence-electron chi connectivity index (χ0n) is 26.0. The Morgan fingerprint density at radius 2 is 1.62 bits per heavy atom. The number of ether oxygens (including phenoxy) is 2. The Labute approximate surface area is 284 Å². The average molecular weight is 698 g/mol. The predicted octanol–water partition coefficient (Wildman–Crippen LogP) is 8.30. The minimum absolute atomic E-state index is 0.0318. The van der Waals surface area contributed by atoms with Gasteiger partial charge >= 0.3 is 6.18 Å². The fourth-order valence-electron chi connectivity index (χ4n) is 4.47. The standard InChI is InChI=1S/C35H31ClF3N3O5S/c1-4-30(34(45)41-27-19-23(35(37,38)39)16-17-26(27)36)48-25-14-9-13-24(20-25)40-33(44)28(42-32(43)21-10-6-5-7-11-21)18-22-12-8-15-29(46-2)31(22)47-3/h5-20,30H,4H2,1-3H3,(H,40,44)(H,41,45)(H,42,43)/b28-18+. The van der Waals surface area contributed by atoms with Gasteiger partial charge < -0.3 is 25.4 Å². The minimum atomic E-state index is -4.60. The minimum Gasteiger partial charge on any atom is -0.493 e. The maximum absolute atomic E-state index is 13.6. The molecule has 0 saturated heterocycles. The van der Waals surface area contributed by atoms with Gasteiger partial charge in [-0.05, 0) is 67.1 Å². The van der Waals surface area contributed by atoms with Crippen molar-refractivity contribution in [1.29, 1.82) is 0 Å². The highest BCUT2D eigenvalue weighted by Gasteiger charge is 2.31. The van der Waals surface area contributed by atoms with Gasteiger partial charge in [-0.2, -0.15) is 13.2 Å². The number of alkyl halides is 3. The summed E-state index contributed by atoms with van der Waals surface area (Å²) in [6.45, 7) is 1.76. The van der Waals surface area contributed by atoms with Gasteiger partial charge in [-0.25, -0.2) is 0 Å². The maximum atomic E-state index is 13.6. The third kappa shape index (κ3) is 9.33. The van der Waals surface area contributed by atoms with Crippen LogP contribution in [0, 0.1) is 0 Å². The molecule has 0 aliphatic heterocycles. The molecule has 0 aliphatic rings. The Morgan fingerprint density at radius 3 is 2.29 bits per heavy atom. The molecule has 4 aromatic rings. The van der Waals surface area contributed by atoms with Crippen LogP contribution in [0.15, 0.2) is 102 Å². The van der Waals surface area contributed by atoms with Gasteiger partial charge in [0, 0.05) is 21.7 Å². The summed E-state index contributed by atoms with van der Waals surface area (Å²) in [6, 6.07) is 22.9. The normalized spacial score (nSPS) is 12.1. The first-order valence-electron chi connectivity index (χ1n) is 14.5. The molecule has 1 atom stereocenters. The van der Waals surface area contributed by atoms with E-state index in [0.717, 1.165) is 30.0 Å². The lowest BCUT2D eigenvalue weighted by molar-refractivity contribution is -0.137. The monoisotopic (exact) mass is 697 g/mol. The van der Waals surface area contributed by atoms with Gasteiger partial charge in [0.1, 0.15) is 5.70 Å². The number of carbonyl (C=O) groups excluding carboxylic acids is 3. The number of thioether (sulfide) groups is 1. The van der Waals surface area contributed by atoms with Gasteiger partial charge in [0.05, 0.1) is 35.7 Å². The summed E-state index contributed by atoms with van der Waals surface area (Å²) in [5.41, 5.74) is -0.0126. The molecular formula is C35H31ClF3N3O5S. The van der Waals surface area contributed by atoms with Crippen LogP contribution in [0.4, 0.5) is 24.5 Å². The first-order chi connectivity index (χ1) is 22.9. The summed E-state index contributed by atoms with van der Waals surface area (Å²) < 4.78 is 50.5. The van der Waals surface area contributed by atoms with Gasteiger partial charge in [0.2, 0.25) is 5.91 Å². The number of nitrogens with one attached hydrogen (secondary N) is 3. The third-order valence-electron chi connectivity index (χ3n) is 6.85. The highest BCUT2D eigenvalue weighted by atomic mass is 35.5. The van der Waals surface area contributed by atoms with Crippen LogP contribution in [0.1, 0.15) is 34.8 Å². The van der Waals surface area contributed by atoms with E-state index in [9.17, 15) is 27.6 Å². The van der Waals surface area contributed by atoms with E-state index in [1.54, 1.807) is 79.7 Å². The topological polar surface area (TPSA) is 106 Å². The first-order valence-corrected chi connectivity index (χ1v) is 15.7. The van der Waals surface area contributed by atoms with Crippen LogP contribution in [0.3, 0.4) is 0 Å². The maximum Gasteiger partial charge on any atom is 0.416 e. The van der Waals surface area contributed by atoms with Crippen molar-refractivity contribution in [3.05, 3.63) is 118 Å². The molecule has 0 saturated carbocycles. The van der Waals surface area contributed by atoms with E-state index in [2.05, 4.69) is 16.0 Å². The number of carbonyl (C=O) groups is 3. The summed E-state index contributed by atoms with van der Waals surface area (Å²) >= 11 is 7.23. The molecular weight excluding hydrogens is 667 g/mol. The second-order valence-corrected chi connectivity index (χ2v) is 11.8. The third-order valence-corrected chi connectivity index (χ3v) is 8.53. The van der Waals surface area contributed by atoms with Gasteiger partial charge in [-0.1, -0.05) is 54.9 Å². The smallest absolute Gasteiger partial charge is 0.416 e. The van der Waals surface area contributed by atoms with Gasteiger partial charge in [-0.3, -0.25) is 14.4 Å². The predicted molar refractivity (Wildman–Crippen MR) is 182 cm³/mol. The van der Waals surface area contributed by atoms with E-state index in [4.69, 9.17) is 21.1 Å². The number of amides is 3. The number of rotatable bonds is 12. The molecule has 0 aromatic heterocycles. The van der Waals surface area contributed by atoms with E-state index < -0.39 is 34.7 Å². The van der Waals surface area contributed by atoms with E-state index in [-0.39, 0.29) is 16.4 Å². The molecule has 4 aromatic carbocycles. The van der Waals surface area contributed by atoms with Gasteiger partial charge in [-0.15, -0.1) is 11.8 Å². The second-order valence-electron chi connectivity index (χ2n) is 10.1. The van der Waals surface area contributed by atoms with Crippen LogP contribution in [-0.2, 0) is 15.8 Å². The molecule has 0 radical (unpaired) electrons. The van der Waals surface area contributed by atoms with Crippen molar-refractivity contribution >= 4 is 58.5 Å². The Bertz CT molecular complexity index is 1820. The van der Waals surface area contributed by atoms with Crippen LogP contribution in [-0.4, -0.2) is 37.2 Å². The molecule has 0 aliphatic carbocycles. The Balaban J connectivity index is 1.56. The Kier molecular flexibility index (Phi) is 12.2. The van der Waals surface area contributed by atoms with Crippen LogP contribution < -0.4 is 25.4 Å². The molecule has 3 amide bonds. The molecule has 0 spiro atoms. The van der Waals surface area contributed by atoms with Crippen molar-refractivity contribution in [1.82, 2.24) is 5.32 Å². The van der Waals surface area contributed by atoms with Crippen LogP contribution >= 0.6 is 23.4 Å². The fourth-order valence-corrected chi connectivity index (χ4v) is 5.64. The van der Waals surface area contributed by atoms with Crippen LogP contribution in [0.2, 0.25) is 5.02 Å². The van der Waals surface area contributed by atoms with Gasteiger partial charge in [0.15, 0.2) is 11.5 Å². The van der Waals surface area contributed by atoms with E-state index in [0.29, 0.717) is 39.6 Å². The molecule has 250 valence electrons. The number of anilines is 2. The molecule has 0 heterocycles. The number of benzene rings is 4. The molecule has 4 rings (SSSR count). The van der Waals surface area contributed by atoms with Crippen molar-refractivity contribution < 1.29 is 37.0 Å². The van der Waals surface area contributed by atoms with Crippen molar-refractivity contribution in [3.63, 3.8) is 0 Å². The van der Waals surface area contributed by atoms with E-state index in [1.807, 2.05) is 0 Å². The zero-order chi connectivity index (χ0) is 34.8. The van der Waals surface area contributed by atoms with Crippen molar-refractivity contribution in [2.75, 3.05) is 24.9 Å². The lowest BCUT2D eigenvalue weighted by Crippen LogP contribution is -2.30. The largest absolute Gasteiger partial charge is 0.493 e. The fraction of sp³-hybridized carbons (Fsp3) is 0.171. The molecule has 8 nitrogen and oxygen atoms in total. The molecule has 3 N–H and O–H groups in total. The quantitative estimate of drug-likeness (QED) is 0.102. The van der Waals surface area contributed by atoms with Crippen LogP contribution in [0.25, 0.3) is 6.08 Å². The molecule has 1 unspecified atom stereocenters. The summed E-state index contributed by atoms with van der Waals surface area (Å²) in [5.74, 6) is -0.918. The van der Waals surface area contributed by atoms with Crippen molar-refractivity contribution in [3.8, 4) is 11.5 Å². The Morgan fingerprint density at radius 1 is 0.896 bits per heavy atom. The van der Waals surface area contributed by atoms with Crippen molar-refractivity contribution in [2.45, 2.75) is 29.7 Å². The van der Waals surface area contributed by atoms with Crippen LogP contribution in [0.5, 0.6) is 11.5 Å². The SMILES string of the molecule is CCC(Sc1cccc(NC(=O)/C(=C\c2cccc(OC)c2OC)NC(=O)c2ccccc2)c1)C(=O)Nc1cc(C(F)(F)F)ccc1Cl. The van der Waals surface area contributed by atoms with E-state index >= 15 is 0 Å². The summed E-state index contributed by atoms with van der Waals surface area (Å²) in [7, 11) is 2.94. The van der Waals surface area contributed by atoms with Crippen molar-refractivity contribution in [2.24, 2.45) is 0 Å². The number of hydrogen-bond acceptors (Lipinski definition) is 6. The Hall–Kier alpha value is -4.94. The molecule has 48 heavy (non-hydrogen) atoms. The number of halogens is 4. The number of para-hydroxylation sites is 1. The zero-order valence-corrected chi connectivity index (χ0v) is 27.6. The van der Waals surface area contributed by atoms with Gasteiger partial charge in [0.25, 0.3) is 11.8 Å². The lowest BCUT2D eigenvalue weighted by atomic mass is 10.1. The molecule has 0 bridgehead atoms. The molecule has 0 fully saturated rings. The second kappa shape index (κ2) is 16.2. The summed E-state index contributed by atoms with van der Waals surface area (Å²) in [4.78, 5) is 40.4. The highest BCUT2D eigenvalue weighted by Crippen LogP contribution is 2.35. The number of hydrogen-bond donors (Lipinski definition) is 3. The average Bonchev–Trinajstić information content (AvgIpc) is 3.07. The molecule has 13 heteroatoms. The highest BCUT2D eigenvalue weighted by molar-refractivity contribution is 8.00. The summed E-state index contributed by atoms with van der Waals surface area (Å²) in [6.07, 6.45) is -2.80. The number of methoxy groups -OCH3 is 2. The van der Waals surface area contributed by atoms with E-state index in [1.165, 1.54) is 20.3 Å².